The molecule has 1 unspecified atom stereocenters. The SMILES string of the molecule is CN(C(=O)c1ccccc1)c1ccc2c(c1)nc(NC(=O)c1ccc(-c3cnco3)s1)n2CC(O)C(N)=O. The minimum Gasteiger partial charge on any atom is -0.443 e. The predicted octanol–water partition coefficient (Wildman–Crippen LogP) is 3.13. The van der Waals surface area contributed by atoms with Crippen molar-refractivity contribution in [3.63, 3.8) is 0 Å². The molecule has 11 nitrogen and oxygen atoms in total. The Morgan fingerprint density at radius 1 is 1.16 bits per heavy atom. The number of fused-ring (bicyclic) bond motifs is 1. The largest absolute Gasteiger partial charge is 0.443 e. The summed E-state index contributed by atoms with van der Waals surface area (Å²) in [6.45, 7) is -0.229. The highest BCUT2D eigenvalue weighted by Gasteiger charge is 2.22. The van der Waals surface area contributed by atoms with Crippen molar-refractivity contribution >= 4 is 51.7 Å². The first-order valence-electron chi connectivity index (χ1n) is 11.4. The molecule has 0 bridgehead atoms. The normalized spacial score (nSPS) is 11.8. The highest BCUT2D eigenvalue weighted by Crippen LogP contribution is 2.30. The van der Waals surface area contributed by atoms with Crippen LogP contribution < -0.4 is 16.0 Å². The lowest BCUT2D eigenvalue weighted by molar-refractivity contribution is -0.126. The molecule has 38 heavy (non-hydrogen) atoms. The molecule has 0 aliphatic rings. The van der Waals surface area contributed by atoms with Crippen LogP contribution in [0.25, 0.3) is 21.7 Å². The van der Waals surface area contributed by atoms with Crippen LogP contribution in [0.1, 0.15) is 20.0 Å². The number of benzene rings is 2. The van der Waals surface area contributed by atoms with E-state index >= 15 is 0 Å². The number of carbonyl (C=O) groups excluding carboxylic acids is 3. The Kier molecular flexibility index (Phi) is 6.73. The number of oxazole rings is 1. The molecule has 0 spiro atoms. The number of hydrogen-bond donors (Lipinski definition) is 3. The Hall–Kier alpha value is -4.81. The van der Waals surface area contributed by atoms with Crippen LogP contribution in [-0.2, 0) is 11.3 Å². The highest BCUT2D eigenvalue weighted by atomic mass is 32.1. The molecule has 0 aliphatic carbocycles. The van der Waals surface area contributed by atoms with Crippen molar-refractivity contribution in [2.75, 3.05) is 17.3 Å². The highest BCUT2D eigenvalue weighted by molar-refractivity contribution is 7.17. The average molecular weight is 531 g/mol. The molecule has 3 amide bonds. The van der Waals surface area contributed by atoms with Crippen LogP contribution in [0.3, 0.4) is 0 Å². The molecule has 0 saturated carbocycles. The minimum absolute atomic E-state index is 0.106. The fourth-order valence-corrected chi connectivity index (χ4v) is 4.71. The van der Waals surface area contributed by atoms with Gasteiger partial charge in [-0.15, -0.1) is 11.3 Å². The summed E-state index contributed by atoms with van der Waals surface area (Å²) in [6.07, 6.45) is 1.35. The van der Waals surface area contributed by atoms with Crippen molar-refractivity contribution in [1.82, 2.24) is 14.5 Å². The van der Waals surface area contributed by atoms with Crippen LogP contribution in [-0.4, -0.2) is 50.5 Å². The number of nitrogens with two attached hydrogens (primary N) is 1. The van der Waals surface area contributed by atoms with Gasteiger partial charge in [-0.25, -0.2) is 9.97 Å². The molecule has 192 valence electrons. The first kappa shape index (κ1) is 24.9. The molecule has 0 aliphatic heterocycles. The Balaban J connectivity index is 1.47. The van der Waals surface area contributed by atoms with E-state index in [0.29, 0.717) is 32.9 Å². The van der Waals surface area contributed by atoms with Crippen molar-refractivity contribution in [3.05, 3.63) is 83.7 Å². The second-order valence-electron chi connectivity index (χ2n) is 8.35. The number of imidazole rings is 1. The lowest BCUT2D eigenvalue weighted by Gasteiger charge is -2.17. The third-order valence-corrected chi connectivity index (χ3v) is 6.96. The van der Waals surface area contributed by atoms with Crippen molar-refractivity contribution in [2.24, 2.45) is 5.73 Å². The first-order valence-corrected chi connectivity index (χ1v) is 12.2. The summed E-state index contributed by atoms with van der Waals surface area (Å²) in [7, 11) is 1.65. The van der Waals surface area contributed by atoms with Crippen molar-refractivity contribution < 1.29 is 23.9 Å². The first-order chi connectivity index (χ1) is 18.3. The van der Waals surface area contributed by atoms with Gasteiger partial charge in [0, 0.05) is 18.3 Å². The third kappa shape index (κ3) is 4.90. The Bertz CT molecular complexity index is 1630. The van der Waals surface area contributed by atoms with E-state index in [1.165, 1.54) is 27.2 Å². The molecule has 0 radical (unpaired) electrons. The van der Waals surface area contributed by atoms with E-state index < -0.39 is 17.9 Å². The van der Waals surface area contributed by atoms with E-state index in [-0.39, 0.29) is 18.4 Å². The summed E-state index contributed by atoms with van der Waals surface area (Å²) in [6, 6.07) is 17.3. The summed E-state index contributed by atoms with van der Waals surface area (Å²) in [5, 5.41) is 12.9. The van der Waals surface area contributed by atoms with Gasteiger partial charge in [0.1, 0.15) is 6.10 Å². The molecular formula is C26H22N6O5S. The molecule has 5 rings (SSSR count). The number of rotatable bonds is 8. The maximum absolute atomic E-state index is 13.1. The summed E-state index contributed by atoms with van der Waals surface area (Å²) in [5.41, 5.74) is 7.34. The lowest BCUT2D eigenvalue weighted by Crippen LogP contribution is -2.32. The van der Waals surface area contributed by atoms with Gasteiger partial charge in [-0.3, -0.25) is 19.7 Å². The van der Waals surface area contributed by atoms with Crippen molar-refractivity contribution in [2.45, 2.75) is 12.6 Å². The molecular weight excluding hydrogens is 508 g/mol. The Labute approximate surface area is 220 Å². The second kappa shape index (κ2) is 10.3. The number of carbonyl (C=O) groups is 3. The van der Waals surface area contributed by atoms with Gasteiger partial charge in [-0.1, -0.05) is 18.2 Å². The maximum atomic E-state index is 13.1. The van der Waals surface area contributed by atoms with Gasteiger partial charge in [0.2, 0.25) is 11.9 Å². The molecule has 0 saturated heterocycles. The number of primary amides is 1. The summed E-state index contributed by atoms with van der Waals surface area (Å²) in [5.74, 6) is -0.921. The molecule has 4 N–H and O–H groups in total. The van der Waals surface area contributed by atoms with E-state index in [0.717, 1.165) is 4.88 Å². The monoisotopic (exact) mass is 530 g/mol. The van der Waals surface area contributed by atoms with Crippen LogP contribution in [0.4, 0.5) is 11.6 Å². The van der Waals surface area contributed by atoms with Crippen molar-refractivity contribution in [1.29, 1.82) is 0 Å². The van der Waals surface area contributed by atoms with Gasteiger partial charge >= 0.3 is 0 Å². The number of hydrogen-bond acceptors (Lipinski definition) is 8. The quantitative estimate of drug-likeness (QED) is 0.278. The molecule has 2 aromatic carbocycles. The standard InChI is InChI=1S/C26H22N6O5S/c1-31(25(36)15-5-3-2-4-6-15)16-7-8-18-17(11-16)29-26(32(18)13-19(33)23(27)34)30-24(35)22-10-9-21(38-22)20-12-28-14-37-20/h2-12,14,19,33H,13H2,1H3,(H2,27,34)(H,29,30,35). The third-order valence-electron chi connectivity index (χ3n) is 5.86. The Morgan fingerprint density at radius 3 is 2.66 bits per heavy atom. The molecule has 1 atom stereocenters. The van der Waals surface area contributed by atoms with Crippen LogP contribution in [0.15, 0.2) is 77.7 Å². The number of anilines is 2. The van der Waals surface area contributed by atoms with E-state index in [2.05, 4.69) is 15.3 Å². The zero-order valence-electron chi connectivity index (χ0n) is 20.1. The lowest BCUT2D eigenvalue weighted by atomic mass is 10.2. The summed E-state index contributed by atoms with van der Waals surface area (Å²) >= 11 is 1.21. The zero-order valence-corrected chi connectivity index (χ0v) is 20.9. The number of thiophene rings is 1. The van der Waals surface area contributed by atoms with Gasteiger partial charge in [0.05, 0.1) is 33.5 Å². The summed E-state index contributed by atoms with van der Waals surface area (Å²) < 4.78 is 6.78. The topological polar surface area (TPSA) is 157 Å². The minimum atomic E-state index is -1.51. The van der Waals surface area contributed by atoms with Crippen LogP contribution in [0, 0.1) is 0 Å². The number of aromatic nitrogens is 3. The number of nitrogens with one attached hydrogen (secondary N) is 1. The van der Waals surface area contributed by atoms with E-state index in [1.54, 1.807) is 67.8 Å². The molecule has 5 aromatic rings. The molecule has 3 heterocycles. The van der Waals surface area contributed by atoms with Gasteiger partial charge in [-0.05, 0) is 42.5 Å². The zero-order chi connectivity index (χ0) is 26.8. The van der Waals surface area contributed by atoms with Crippen molar-refractivity contribution in [3.8, 4) is 10.6 Å². The average Bonchev–Trinajstić information content (AvgIpc) is 3.68. The van der Waals surface area contributed by atoms with Gasteiger partial charge in [-0.2, -0.15) is 0 Å². The van der Waals surface area contributed by atoms with Gasteiger partial charge in [0.15, 0.2) is 12.2 Å². The molecule has 12 heteroatoms. The van der Waals surface area contributed by atoms with Gasteiger partial charge in [0.25, 0.3) is 11.8 Å². The smallest absolute Gasteiger partial charge is 0.268 e. The fourth-order valence-electron chi connectivity index (χ4n) is 3.85. The second-order valence-corrected chi connectivity index (χ2v) is 9.43. The van der Waals surface area contributed by atoms with Gasteiger partial charge < -0.3 is 24.7 Å². The van der Waals surface area contributed by atoms with E-state index in [4.69, 9.17) is 10.2 Å². The molecule has 0 fully saturated rings. The van der Waals surface area contributed by atoms with Crippen LogP contribution >= 0.6 is 11.3 Å². The Morgan fingerprint density at radius 2 is 1.95 bits per heavy atom. The van der Waals surface area contributed by atoms with Crippen LogP contribution in [0.5, 0.6) is 0 Å². The fraction of sp³-hybridized carbons (Fsp3) is 0.115. The number of aliphatic hydroxyl groups excluding tert-OH is 1. The van der Waals surface area contributed by atoms with E-state index in [9.17, 15) is 19.5 Å². The number of nitrogens with zero attached hydrogens (tertiary/aromatic N) is 4. The summed E-state index contributed by atoms with van der Waals surface area (Å²) in [4.78, 5) is 48.6. The molecule has 3 aromatic heterocycles. The number of amides is 3. The number of aliphatic hydroxyl groups is 1. The maximum Gasteiger partial charge on any atom is 0.268 e. The van der Waals surface area contributed by atoms with Crippen LogP contribution in [0.2, 0.25) is 0 Å². The van der Waals surface area contributed by atoms with E-state index in [1.807, 2.05) is 6.07 Å². The predicted molar refractivity (Wildman–Crippen MR) is 142 cm³/mol.